The van der Waals surface area contributed by atoms with E-state index >= 15 is 0 Å². The number of hydrogen-bond donors (Lipinski definition) is 0. The van der Waals surface area contributed by atoms with E-state index in [0.717, 1.165) is 14.0 Å². The highest BCUT2D eigenvalue weighted by molar-refractivity contribution is 7.85. The molecule has 0 bridgehead atoms. The summed E-state index contributed by atoms with van der Waals surface area (Å²) in [6.45, 7) is 5.99. The zero-order chi connectivity index (χ0) is 18.3. The molecule has 1 heterocycles. The maximum absolute atomic E-state index is 12.0. The fourth-order valence-corrected chi connectivity index (χ4v) is 2.99. The van der Waals surface area contributed by atoms with Crippen LogP contribution in [0, 0.1) is 0 Å². The molecule has 8 nitrogen and oxygen atoms in total. The summed E-state index contributed by atoms with van der Waals surface area (Å²) < 4.78 is 40.2. The van der Waals surface area contributed by atoms with Crippen LogP contribution in [-0.4, -0.2) is 37.9 Å². The van der Waals surface area contributed by atoms with Crippen LogP contribution in [0.15, 0.2) is 18.2 Å². The van der Waals surface area contributed by atoms with E-state index in [1.807, 2.05) is 0 Å². The second-order valence-electron chi connectivity index (χ2n) is 5.97. The molecule has 1 aliphatic rings. The first kappa shape index (κ1) is 18.1. The smallest absolute Gasteiger partial charge is 0.411 e. The average Bonchev–Trinajstić information content (AvgIpc) is 2.68. The van der Waals surface area contributed by atoms with Gasteiger partial charge < -0.3 is 13.7 Å². The molecule has 1 aromatic rings. The fourth-order valence-electron chi connectivity index (χ4n) is 2.21. The normalized spacial score (nSPS) is 18.3. The van der Waals surface area contributed by atoms with Gasteiger partial charge in [0.25, 0.3) is 6.29 Å². The minimum Gasteiger partial charge on any atom is -0.454 e. The monoisotopic (exact) mass is 357 g/mol. The summed E-state index contributed by atoms with van der Waals surface area (Å²) in [5, 5.41) is 0. The summed E-state index contributed by atoms with van der Waals surface area (Å²) in [6.07, 6.45) is -0.822. The molecule has 1 atom stereocenters. The van der Waals surface area contributed by atoms with E-state index in [4.69, 9.17) is 13.7 Å². The highest BCUT2D eigenvalue weighted by Gasteiger charge is 2.44. The molecular formula is C15H19NO7S. The molecule has 0 N–H and O–H groups in total. The Hall–Kier alpha value is -2.29. The minimum atomic E-state index is -4.24. The first-order valence-corrected chi connectivity index (χ1v) is 8.49. The van der Waals surface area contributed by atoms with Gasteiger partial charge in [-0.05, 0) is 32.0 Å². The third-order valence-corrected chi connectivity index (χ3v) is 5.05. The van der Waals surface area contributed by atoms with Crippen LogP contribution in [0.3, 0.4) is 0 Å². The maximum Gasteiger partial charge on any atom is 0.411 e. The lowest BCUT2D eigenvalue weighted by Crippen LogP contribution is -2.36. The lowest BCUT2D eigenvalue weighted by atomic mass is 9.85. The third kappa shape index (κ3) is 3.30. The maximum atomic E-state index is 12.0. The van der Waals surface area contributed by atoms with Gasteiger partial charge in [0.2, 0.25) is 5.91 Å². The van der Waals surface area contributed by atoms with Gasteiger partial charge in [0.05, 0.1) is 5.41 Å². The Kier molecular flexibility index (Phi) is 4.49. The van der Waals surface area contributed by atoms with Gasteiger partial charge in [-0.25, -0.2) is 4.31 Å². The zero-order valence-electron chi connectivity index (χ0n) is 14.0. The molecule has 1 amide bonds. The van der Waals surface area contributed by atoms with Gasteiger partial charge in [-0.2, -0.15) is 8.42 Å². The van der Waals surface area contributed by atoms with Crippen molar-refractivity contribution >= 4 is 22.2 Å². The lowest BCUT2D eigenvalue weighted by Gasteiger charge is -2.24. The molecule has 1 unspecified atom stereocenters. The Morgan fingerprint density at radius 1 is 1.25 bits per heavy atom. The summed E-state index contributed by atoms with van der Waals surface area (Å²) in [4.78, 5) is 22.4. The van der Waals surface area contributed by atoms with Gasteiger partial charge in [-0.1, -0.05) is 0 Å². The minimum absolute atomic E-state index is 0.0296. The van der Waals surface area contributed by atoms with Crippen molar-refractivity contribution in [2.45, 2.75) is 39.4 Å². The van der Waals surface area contributed by atoms with Crippen LogP contribution in [0.1, 0.15) is 33.3 Å². The third-order valence-electron chi connectivity index (χ3n) is 3.72. The Labute approximate surface area is 140 Å². The van der Waals surface area contributed by atoms with E-state index in [1.54, 1.807) is 13.8 Å². The van der Waals surface area contributed by atoms with Crippen molar-refractivity contribution in [1.29, 1.82) is 0 Å². The van der Waals surface area contributed by atoms with Crippen LogP contribution in [0.5, 0.6) is 11.5 Å². The van der Waals surface area contributed by atoms with E-state index < -0.39 is 33.9 Å². The van der Waals surface area contributed by atoms with Crippen LogP contribution in [0.2, 0.25) is 0 Å². The molecule has 0 fully saturated rings. The Bertz CT molecular complexity index is 785. The van der Waals surface area contributed by atoms with Gasteiger partial charge in [-0.3, -0.25) is 9.59 Å². The van der Waals surface area contributed by atoms with Crippen LogP contribution in [0.4, 0.5) is 0 Å². The molecule has 0 saturated heterocycles. The molecule has 0 aliphatic carbocycles. The van der Waals surface area contributed by atoms with E-state index in [0.29, 0.717) is 15.6 Å². The predicted molar refractivity (Wildman–Crippen MR) is 83.6 cm³/mol. The largest absolute Gasteiger partial charge is 0.454 e. The van der Waals surface area contributed by atoms with Crippen molar-refractivity contribution in [3.05, 3.63) is 23.8 Å². The van der Waals surface area contributed by atoms with Crippen LogP contribution in [0.25, 0.3) is 0 Å². The highest BCUT2D eigenvalue weighted by atomic mass is 32.2. The summed E-state index contributed by atoms with van der Waals surface area (Å²) in [5.74, 6) is -0.657. The Morgan fingerprint density at radius 2 is 1.88 bits per heavy atom. The number of fused-ring (bicyclic) bond motifs is 1. The van der Waals surface area contributed by atoms with Crippen molar-refractivity contribution in [1.82, 2.24) is 4.31 Å². The number of nitrogens with zero attached hydrogens (tertiary/aromatic N) is 1. The van der Waals surface area contributed by atoms with Crippen molar-refractivity contribution in [3.63, 3.8) is 0 Å². The molecule has 1 aliphatic heterocycles. The molecule has 24 heavy (non-hydrogen) atoms. The molecule has 0 spiro atoms. The number of carbonyl (C=O) groups is 2. The zero-order valence-corrected chi connectivity index (χ0v) is 14.8. The summed E-state index contributed by atoms with van der Waals surface area (Å²) in [6, 6.07) is 4.42. The number of amides is 1. The first-order valence-electron chi connectivity index (χ1n) is 7.12. The van der Waals surface area contributed by atoms with E-state index in [9.17, 15) is 18.0 Å². The molecule has 0 aromatic heterocycles. The molecule has 132 valence electrons. The quantitative estimate of drug-likeness (QED) is 0.750. The second kappa shape index (κ2) is 5.97. The molecule has 1 aromatic carbocycles. The van der Waals surface area contributed by atoms with Gasteiger partial charge in [0.1, 0.15) is 11.5 Å². The van der Waals surface area contributed by atoms with E-state index in [1.165, 1.54) is 25.1 Å². The molecule has 0 radical (unpaired) electrons. The number of benzene rings is 1. The van der Waals surface area contributed by atoms with Gasteiger partial charge in [0.15, 0.2) is 0 Å². The van der Waals surface area contributed by atoms with Gasteiger partial charge in [-0.15, -0.1) is 0 Å². The van der Waals surface area contributed by atoms with Crippen LogP contribution >= 0.6 is 0 Å². The van der Waals surface area contributed by atoms with Crippen molar-refractivity contribution < 1.29 is 31.7 Å². The van der Waals surface area contributed by atoms with Gasteiger partial charge >= 0.3 is 16.3 Å². The molecule has 2 rings (SSSR count). The number of rotatable bonds is 4. The standard InChI is InChI=1S/C15H19NO7S/c1-9(17)16(5)24(19,20)23-11-6-7-13-12(8-11)15(3,4)14(22-13)21-10(2)18/h6-8,14H,1-5H3. The summed E-state index contributed by atoms with van der Waals surface area (Å²) >= 11 is 0. The second-order valence-corrected chi connectivity index (χ2v) is 7.54. The first-order chi connectivity index (χ1) is 10.9. The molecule has 9 heteroatoms. The van der Waals surface area contributed by atoms with Crippen molar-refractivity contribution in [3.8, 4) is 11.5 Å². The van der Waals surface area contributed by atoms with Crippen molar-refractivity contribution in [2.24, 2.45) is 0 Å². The highest BCUT2D eigenvalue weighted by Crippen LogP contribution is 2.44. The number of ether oxygens (including phenoxy) is 2. The Morgan fingerprint density at radius 3 is 2.42 bits per heavy atom. The number of esters is 1. The van der Waals surface area contributed by atoms with Gasteiger partial charge in [0, 0.05) is 26.5 Å². The van der Waals surface area contributed by atoms with Crippen molar-refractivity contribution in [2.75, 3.05) is 7.05 Å². The summed E-state index contributed by atoms with van der Waals surface area (Å²) in [5.41, 5.74) is -0.0664. The number of hydrogen-bond acceptors (Lipinski definition) is 7. The molecular weight excluding hydrogens is 338 g/mol. The lowest BCUT2D eigenvalue weighted by molar-refractivity contribution is -0.165. The summed E-state index contributed by atoms with van der Waals surface area (Å²) in [7, 11) is -3.14. The topological polar surface area (TPSA) is 99.2 Å². The van der Waals surface area contributed by atoms with Crippen LogP contribution < -0.4 is 8.92 Å². The molecule has 0 saturated carbocycles. The number of carbonyl (C=O) groups excluding carboxylic acids is 2. The van der Waals surface area contributed by atoms with Crippen LogP contribution in [-0.2, 0) is 30.0 Å². The van der Waals surface area contributed by atoms with E-state index in [2.05, 4.69) is 0 Å². The Balaban J connectivity index is 2.31. The average molecular weight is 357 g/mol. The predicted octanol–water partition coefficient (Wildman–Crippen LogP) is 1.35. The van der Waals surface area contributed by atoms with E-state index in [-0.39, 0.29) is 5.75 Å². The SMILES string of the molecule is CC(=O)OC1Oc2ccc(OS(=O)(=O)N(C)C(C)=O)cc2C1(C)C. The fraction of sp³-hybridized carbons (Fsp3) is 0.467.